The molecule has 9 heteroatoms. The maximum Gasteiger partial charge on any atom is 0.323 e. The molecule has 0 radical (unpaired) electrons. The van der Waals surface area contributed by atoms with Gasteiger partial charge in [-0.3, -0.25) is 19.2 Å². The Morgan fingerprint density at radius 1 is 0.727 bits per heavy atom. The summed E-state index contributed by atoms with van der Waals surface area (Å²) in [5.74, 6) is -3.17. The van der Waals surface area contributed by atoms with Crippen LogP contribution in [-0.4, -0.2) is 58.6 Å². The van der Waals surface area contributed by atoms with Gasteiger partial charge in [-0.2, -0.15) is 0 Å². The van der Waals surface area contributed by atoms with Crippen molar-refractivity contribution in [2.45, 2.75) is 44.9 Å². The monoisotopic (exact) mass is 464 g/mol. The van der Waals surface area contributed by atoms with Crippen LogP contribution in [-0.2, 0) is 42.9 Å². The van der Waals surface area contributed by atoms with Gasteiger partial charge >= 0.3 is 23.9 Å². The van der Waals surface area contributed by atoms with Gasteiger partial charge in [0.05, 0.1) is 28.4 Å². The molecule has 0 amide bonds. The van der Waals surface area contributed by atoms with E-state index in [-0.39, 0.29) is 43.4 Å². The Labute approximate surface area is 193 Å². The van der Waals surface area contributed by atoms with Gasteiger partial charge in [-0.25, -0.2) is 0 Å². The maximum atomic E-state index is 12.7. The molecular formula is C24H32O9. The zero-order valence-corrected chi connectivity index (χ0v) is 19.6. The molecule has 0 bridgehead atoms. The molecule has 182 valence electrons. The Bertz CT molecular complexity index is 828. The molecule has 0 aromatic rings. The molecule has 0 saturated heterocycles. The minimum atomic E-state index is -1.46. The Balaban J connectivity index is 1.98. The SMILES string of the molecule is COC(=O)C1(C(=O)OC)CC[C@H]2C=C[C@H]3CC(C(=O)OC)(C(=O)OC)CC[C@@H]3[C@]2(C=O)CC1. The maximum absolute atomic E-state index is 12.7. The average Bonchev–Trinajstić information content (AvgIpc) is 3.04. The fraction of sp³-hybridized carbons (Fsp3) is 0.708. The quantitative estimate of drug-likeness (QED) is 0.198. The molecule has 9 nitrogen and oxygen atoms in total. The number of ether oxygens (including phenoxy) is 4. The lowest BCUT2D eigenvalue weighted by Gasteiger charge is -2.51. The number of aldehydes is 1. The van der Waals surface area contributed by atoms with Crippen LogP contribution >= 0.6 is 0 Å². The van der Waals surface area contributed by atoms with Gasteiger partial charge in [0, 0.05) is 5.41 Å². The number of rotatable bonds is 5. The number of allylic oxidation sites excluding steroid dienone is 2. The molecular weight excluding hydrogens is 432 g/mol. The first kappa shape index (κ1) is 24.9. The number of hydrogen-bond donors (Lipinski definition) is 0. The van der Waals surface area contributed by atoms with E-state index in [9.17, 15) is 24.0 Å². The predicted molar refractivity (Wildman–Crippen MR) is 113 cm³/mol. The number of hydrogen-bond acceptors (Lipinski definition) is 9. The molecule has 0 N–H and O–H groups in total. The van der Waals surface area contributed by atoms with E-state index in [0.29, 0.717) is 19.3 Å². The van der Waals surface area contributed by atoms with Crippen molar-refractivity contribution in [3.05, 3.63) is 12.2 Å². The van der Waals surface area contributed by atoms with Gasteiger partial charge in [-0.1, -0.05) is 12.2 Å². The highest BCUT2D eigenvalue weighted by molar-refractivity contribution is 6.01. The molecule has 33 heavy (non-hydrogen) atoms. The van der Waals surface area contributed by atoms with Crippen molar-refractivity contribution in [2.75, 3.05) is 28.4 Å². The Morgan fingerprint density at radius 2 is 1.24 bits per heavy atom. The van der Waals surface area contributed by atoms with Crippen LogP contribution in [0.25, 0.3) is 0 Å². The third-order valence-electron chi connectivity index (χ3n) is 8.35. The van der Waals surface area contributed by atoms with Crippen LogP contribution in [0, 0.1) is 34.0 Å². The fourth-order valence-electron chi connectivity index (χ4n) is 6.52. The minimum absolute atomic E-state index is 0.123. The lowest BCUT2D eigenvalue weighted by Crippen LogP contribution is -2.53. The molecule has 0 aromatic heterocycles. The number of fused-ring (bicyclic) bond motifs is 3. The Kier molecular flexibility index (Phi) is 7.00. The number of esters is 4. The van der Waals surface area contributed by atoms with Gasteiger partial charge in [-0.05, 0) is 62.7 Å². The van der Waals surface area contributed by atoms with E-state index in [1.165, 1.54) is 28.4 Å². The summed E-state index contributed by atoms with van der Waals surface area (Å²) in [6.45, 7) is 0. The summed E-state index contributed by atoms with van der Waals surface area (Å²) < 4.78 is 19.8. The predicted octanol–water partition coefficient (Wildman–Crippen LogP) is 2.01. The van der Waals surface area contributed by atoms with E-state index < -0.39 is 40.1 Å². The molecule has 3 aliphatic carbocycles. The summed E-state index contributed by atoms with van der Waals surface area (Å²) in [6, 6.07) is 0. The molecule has 0 aliphatic heterocycles. The third kappa shape index (κ3) is 3.65. The number of carbonyl (C=O) groups is 5. The van der Waals surface area contributed by atoms with E-state index in [1.54, 1.807) is 0 Å². The van der Waals surface area contributed by atoms with E-state index in [2.05, 4.69) is 0 Å². The topological polar surface area (TPSA) is 122 Å². The highest BCUT2D eigenvalue weighted by Gasteiger charge is 2.61. The van der Waals surface area contributed by atoms with Crippen LogP contribution in [0.2, 0.25) is 0 Å². The Hall–Kier alpha value is -2.71. The van der Waals surface area contributed by atoms with Crippen molar-refractivity contribution in [2.24, 2.45) is 34.0 Å². The number of methoxy groups -OCH3 is 4. The van der Waals surface area contributed by atoms with E-state index in [0.717, 1.165) is 6.29 Å². The first-order valence-electron chi connectivity index (χ1n) is 11.2. The molecule has 3 rings (SSSR count). The summed E-state index contributed by atoms with van der Waals surface area (Å²) >= 11 is 0. The van der Waals surface area contributed by atoms with E-state index in [1.807, 2.05) is 12.2 Å². The Morgan fingerprint density at radius 3 is 1.76 bits per heavy atom. The van der Waals surface area contributed by atoms with Crippen molar-refractivity contribution in [1.82, 2.24) is 0 Å². The normalized spacial score (nSPS) is 31.6. The van der Waals surface area contributed by atoms with E-state index in [4.69, 9.17) is 18.9 Å². The summed E-state index contributed by atoms with van der Waals surface area (Å²) in [6.07, 6.45) is 6.70. The van der Waals surface area contributed by atoms with Gasteiger partial charge in [0.15, 0.2) is 10.8 Å². The number of carbonyl (C=O) groups excluding carboxylic acids is 5. The van der Waals surface area contributed by atoms with Gasteiger partial charge < -0.3 is 23.7 Å². The second-order valence-corrected chi connectivity index (χ2v) is 9.40. The molecule has 3 aliphatic rings. The third-order valence-corrected chi connectivity index (χ3v) is 8.35. The van der Waals surface area contributed by atoms with Crippen molar-refractivity contribution < 1.29 is 42.9 Å². The van der Waals surface area contributed by atoms with Crippen LogP contribution in [0.3, 0.4) is 0 Å². The smallest absolute Gasteiger partial charge is 0.323 e. The largest absolute Gasteiger partial charge is 0.468 e. The highest BCUT2D eigenvalue weighted by Crippen LogP contribution is 2.60. The van der Waals surface area contributed by atoms with Crippen LogP contribution in [0.4, 0.5) is 0 Å². The molecule has 0 spiro atoms. The van der Waals surface area contributed by atoms with Crippen LogP contribution < -0.4 is 0 Å². The lowest BCUT2D eigenvalue weighted by molar-refractivity contribution is -0.176. The van der Waals surface area contributed by atoms with Crippen molar-refractivity contribution in [3.63, 3.8) is 0 Å². The standard InChI is InChI=1S/C24H32O9/c1-30-18(26)22(19(27)31-2)9-7-16-6-5-15-13-23(20(28)32-3,21(29)33-4)10-8-17(15)24(16,14-25)12-11-22/h5-6,14-17H,7-13H2,1-4H3/t15-,16+,17-,24-/m0/s1. The minimum Gasteiger partial charge on any atom is -0.468 e. The molecule has 4 atom stereocenters. The highest BCUT2D eigenvalue weighted by atomic mass is 16.6. The average molecular weight is 465 g/mol. The van der Waals surface area contributed by atoms with Crippen LogP contribution in [0.5, 0.6) is 0 Å². The zero-order chi connectivity index (χ0) is 24.4. The van der Waals surface area contributed by atoms with Gasteiger partial charge in [0.1, 0.15) is 6.29 Å². The first-order valence-corrected chi connectivity index (χ1v) is 11.2. The van der Waals surface area contributed by atoms with Crippen LogP contribution in [0.1, 0.15) is 44.9 Å². The molecule has 0 heterocycles. The second-order valence-electron chi connectivity index (χ2n) is 9.40. The molecule has 0 unspecified atom stereocenters. The summed E-state index contributed by atoms with van der Waals surface area (Å²) in [7, 11) is 4.94. The van der Waals surface area contributed by atoms with Gasteiger partial charge in [0.2, 0.25) is 0 Å². The van der Waals surface area contributed by atoms with Crippen molar-refractivity contribution in [1.29, 1.82) is 0 Å². The van der Waals surface area contributed by atoms with E-state index >= 15 is 0 Å². The summed E-state index contributed by atoms with van der Waals surface area (Å²) in [4.78, 5) is 63.4. The fourth-order valence-corrected chi connectivity index (χ4v) is 6.52. The van der Waals surface area contributed by atoms with Crippen molar-refractivity contribution >= 4 is 30.2 Å². The molecule has 0 aromatic carbocycles. The second kappa shape index (κ2) is 9.27. The summed E-state index contributed by atoms with van der Waals surface area (Å²) in [5, 5.41) is 0. The summed E-state index contributed by atoms with van der Waals surface area (Å²) in [5.41, 5.74) is -3.71. The van der Waals surface area contributed by atoms with Crippen LogP contribution in [0.15, 0.2) is 12.2 Å². The molecule has 2 saturated carbocycles. The first-order chi connectivity index (χ1) is 15.7. The molecule has 2 fully saturated rings. The van der Waals surface area contributed by atoms with Gasteiger partial charge in [-0.15, -0.1) is 0 Å². The van der Waals surface area contributed by atoms with Crippen molar-refractivity contribution in [3.8, 4) is 0 Å². The zero-order valence-electron chi connectivity index (χ0n) is 19.6. The lowest BCUT2D eigenvalue weighted by atomic mass is 9.51. The van der Waals surface area contributed by atoms with Gasteiger partial charge in [0.25, 0.3) is 0 Å².